The van der Waals surface area contributed by atoms with E-state index in [4.69, 9.17) is 4.74 Å². The molecule has 0 saturated heterocycles. The molecule has 2 aliphatic rings. The zero-order valence-corrected chi connectivity index (χ0v) is 8.19. The van der Waals surface area contributed by atoms with Crippen molar-refractivity contribution in [3.05, 3.63) is 53.3 Å². The molecule has 0 amide bonds. The van der Waals surface area contributed by atoms with Gasteiger partial charge in [-0.1, -0.05) is 24.3 Å². The van der Waals surface area contributed by atoms with Gasteiger partial charge in [-0.05, 0) is 23.3 Å². The molecular weight excluding hydrogens is 188 g/mol. The van der Waals surface area contributed by atoms with Gasteiger partial charge in [-0.25, -0.2) is 0 Å². The Kier molecular flexibility index (Phi) is 1.75. The van der Waals surface area contributed by atoms with Gasteiger partial charge in [0.1, 0.15) is 11.5 Å². The number of benzene rings is 1. The minimum absolute atomic E-state index is 0.119. The highest BCUT2D eigenvalue weighted by Gasteiger charge is 2.21. The summed E-state index contributed by atoms with van der Waals surface area (Å²) in [5, 5.41) is 0. The highest BCUT2D eigenvalue weighted by molar-refractivity contribution is 5.93. The van der Waals surface area contributed by atoms with Gasteiger partial charge in [0.2, 0.25) is 0 Å². The van der Waals surface area contributed by atoms with Gasteiger partial charge in [0, 0.05) is 6.42 Å². The molecule has 2 nitrogen and oxygen atoms in total. The van der Waals surface area contributed by atoms with Crippen LogP contribution in [-0.4, -0.2) is 5.78 Å². The van der Waals surface area contributed by atoms with Gasteiger partial charge in [-0.2, -0.15) is 0 Å². The van der Waals surface area contributed by atoms with E-state index in [2.05, 4.69) is 6.07 Å². The number of fused-ring (bicyclic) bond motifs is 1. The Labute approximate surface area is 87.9 Å². The molecule has 1 aromatic carbocycles. The Morgan fingerprint density at radius 1 is 1.07 bits per heavy atom. The number of hydrogen-bond acceptors (Lipinski definition) is 2. The second-order valence-electron chi connectivity index (χ2n) is 3.81. The highest BCUT2D eigenvalue weighted by atomic mass is 16.5. The van der Waals surface area contributed by atoms with Crippen LogP contribution < -0.4 is 4.74 Å². The molecule has 3 rings (SSSR count). The quantitative estimate of drug-likeness (QED) is 0.639. The van der Waals surface area contributed by atoms with Crippen LogP contribution in [0, 0.1) is 0 Å². The van der Waals surface area contributed by atoms with E-state index < -0.39 is 0 Å². The summed E-state index contributed by atoms with van der Waals surface area (Å²) in [5.41, 5.74) is 2.32. The molecular formula is C13H10O2. The number of carbonyl (C=O) groups is 1. The van der Waals surface area contributed by atoms with Gasteiger partial charge in [0.05, 0.1) is 6.42 Å². The molecule has 1 aliphatic heterocycles. The maximum absolute atomic E-state index is 11.2. The van der Waals surface area contributed by atoms with Gasteiger partial charge in [0.15, 0.2) is 5.78 Å². The van der Waals surface area contributed by atoms with Crippen LogP contribution >= 0.6 is 0 Å². The standard InChI is InChI=1S/C13H10O2/c14-11-6-5-10-7-9-3-1-2-4-12(9)15-13(10)8-11/h1-6H,7-8H2. The molecule has 0 radical (unpaired) electrons. The van der Waals surface area contributed by atoms with Crippen molar-refractivity contribution in [2.45, 2.75) is 12.8 Å². The molecule has 15 heavy (non-hydrogen) atoms. The molecule has 1 aliphatic carbocycles. The number of ketones is 1. The Hall–Kier alpha value is -1.83. The highest BCUT2D eigenvalue weighted by Crippen LogP contribution is 2.33. The van der Waals surface area contributed by atoms with Crippen molar-refractivity contribution in [2.24, 2.45) is 0 Å². The van der Waals surface area contributed by atoms with Crippen molar-refractivity contribution in [3.63, 3.8) is 0 Å². The predicted octanol–water partition coefficient (Wildman–Crippen LogP) is 2.40. The van der Waals surface area contributed by atoms with Gasteiger partial charge in [-0.15, -0.1) is 0 Å². The molecule has 1 heterocycles. The molecule has 0 spiro atoms. The minimum Gasteiger partial charge on any atom is -0.461 e. The van der Waals surface area contributed by atoms with Crippen LogP contribution in [0.2, 0.25) is 0 Å². The van der Waals surface area contributed by atoms with Gasteiger partial charge < -0.3 is 4.74 Å². The molecule has 0 unspecified atom stereocenters. The fraction of sp³-hybridized carbons (Fsp3) is 0.154. The number of ether oxygens (including phenoxy) is 1. The van der Waals surface area contributed by atoms with Crippen molar-refractivity contribution in [1.82, 2.24) is 0 Å². The van der Waals surface area contributed by atoms with Crippen LogP contribution in [0.3, 0.4) is 0 Å². The van der Waals surface area contributed by atoms with Crippen LogP contribution in [0.25, 0.3) is 0 Å². The first-order valence-corrected chi connectivity index (χ1v) is 5.01. The molecule has 0 atom stereocenters. The molecule has 1 aromatic rings. The Balaban J connectivity index is 2.02. The Morgan fingerprint density at radius 2 is 1.93 bits per heavy atom. The lowest BCUT2D eigenvalue weighted by Crippen LogP contribution is -2.15. The topological polar surface area (TPSA) is 26.3 Å². The minimum atomic E-state index is 0.119. The SMILES string of the molecule is O=C1C=CC2=C(C1)Oc1ccccc1C2. The van der Waals surface area contributed by atoms with E-state index in [9.17, 15) is 4.79 Å². The van der Waals surface area contributed by atoms with Crippen molar-refractivity contribution in [1.29, 1.82) is 0 Å². The summed E-state index contributed by atoms with van der Waals surface area (Å²) in [6.45, 7) is 0. The van der Waals surface area contributed by atoms with Crippen LogP contribution in [0.5, 0.6) is 5.75 Å². The number of rotatable bonds is 0. The van der Waals surface area contributed by atoms with Crippen LogP contribution in [0.1, 0.15) is 12.0 Å². The number of para-hydroxylation sites is 1. The van der Waals surface area contributed by atoms with Crippen molar-refractivity contribution < 1.29 is 9.53 Å². The third-order valence-electron chi connectivity index (χ3n) is 2.75. The number of hydrogen-bond donors (Lipinski definition) is 0. The van der Waals surface area contributed by atoms with Crippen molar-refractivity contribution in [3.8, 4) is 5.75 Å². The second-order valence-corrected chi connectivity index (χ2v) is 3.81. The monoisotopic (exact) mass is 198 g/mol. The first kappa shape index (κ1) is 8.48. The lowest BCUT2D eigenvalue weighted by Gasteiger charge is -2.23. The van der Waals surface area contributed by atoms with E-state index in [0.29, 0.717) is 6.42 Å². The average Bonchev–Trinajstić information content (AvgIpc) is 2.26. The fourth-order valence-corrected chi connectivity index (χ4v) is 1.96. The molecule has 0 fully saturated rings. The first-order valence-electron chi connectivity index (χ1n) is 5.01. The number of allylic oxidation sites excluding steroid dienone is 4. The largest absolute Gasteiger partial charge is 0.461 e. The van der Waals surface area contributed by atoms with Crippen LogP contribution in [0.15, 0.2) is 47.7 Å². The second kappa shape index (κ2) is 3.09. The number of carbonyl (C=O) groups excluding carboxylic acids is 1. The van der Waals surface area contributed by atoms with E-state index in [0.717, 1.165) is 23.5 Å². The molecule has 74 valence electrons. The Bertz CT molecular complexity index is 495. The summed E-state index contributed by atoms with van der Waals surface area (Å²) < 4.78 is 5.71. The molecule has 0 saturated carbocycles. The Morgan fingerprint density at radius 3 is 2.87 bits per heavy atom. The normalized spacial score (nSPS) is 18.3. The van der Waals surface area contributed by atoms with Crippen LogP contribution in [-0.2, 0) is 11.2 Å². The molecule has 0 N–H and O–H groups in total. The van der Waals surface area contributed by atoms with E-state index in [-0.39, 0.29) is 5.78 Å². The summed E-state index contributed by atoms with van der Waals surface area (Å²) in [5.74, 6) is 1.83. The summed E-state index contributed by atoms with van der Waals surface area (Å²) in [6.07, 6.45) is 4.78. The first-order chi connectivity index (χ1) is 7.33. The summed E-state index contributed by atoms with van der Waals surface area (Å²) in [7, 11) is 0. The summed E-state index contributed by atoms with van der Waals surface area (Å²) >= 11 is 0. The van der Waals surface area contributed by atoms with E-state index >= 15 is 0 Å². The van der Waals surface area contributed by atoms with Crippen molar-refractivity contribution >= 4 is 5.78 Å². The van der Waals surface area contributed by atoms with Crippen molar-refractivity contribution in [2.75, 3.05) is 0 Å². The van der Waals surface area contributed by atoms with E-state index in [1.54, 1.807) is 6.08 Å². The smallest absolute Gasteiger partial charge is 0.163 e. The maximum atomic E-state index is 11.2. The summed E-state index contributed by atoms with van der Waals surface area (Å²) in [4.78, 5) is 11.2. The lowest BCUT2D eigenvalue weighted by atomic mass is 9.95. The van der Waals surface area contributed by atoms with Gasteiger partial charge >= 0.3 is 0 Å². The third-order valence-corrected chi connectivity index (χ3v) is 2.75. The third kappa shape index (κ3) is 1.38. The molecule has 2 heteroatoms. The van der Waals surface area contributed by atoms with E-state index in [1.807, 2.05) is 24.3 Å². The maximum Gasteiger partial charge on any atom is 0.163 e. The fourth-order valence-electron chi connectivity index (χ4n) is 1.96. The zero-order chi connectivity index (χ0) is 10.3. The summed E-state index contributed by atoms with van der Waals surface area (Å²) in [6, 6.07) is 7.96. The van der Waals surface area contributed by atoms with E-state index in [1.165, 1.54) is 5.56 Å². The average molecular weight is 198 g/mol. The van der Waals surface area contributed by atoms with Gasteiger partial charge in [-0.3, -0.25) is 4.79 Å². The predicted molar refractivity (Wildman–Crippen MR) is 56.6 cm³/mol. The van der Waals surface area contributed by atoms with Gasteiger partial charge in [0.25, 0.3) is 0 Å². The molecule has 0 bridgehead atoms. The zero-order valence-electron chi connectivity index (χ0n) is 8.19. The lowest BCUT2D eigenvalue weighted by molar-refractivity contribution is -0.114. The van der Waals surface area contributed by atoms with Crippen LogP contribution in [0.4, 0.5) is 0 Å². The molecule has 0 aromatic heterocycles.